The highest BCUT2D eigenvalue weighted by Crippen LogP contribution is 2.66. The maximum atomic E-state index is 13.5. The molecule has 2 unspecified atom stereocenters. The number of hydrogen-bond acceptors (Lipinski definition) is 3. The molecule has 2 N–H and O–H groups in total. The molecule has 4 aromatic rings. The van der Waals surface area contributed by atoms with Crippen molar-refractivity contribution in [2.24, 2.45) is 11.1 Å². The molecule has 1 saturated carbocycles. The van der Waals surface area contributed by atoms with Crippen molar-refractivity contribution in [2.45, 2.75) is 25.2 Å². The largest absolute Gasteiger partial charge is 0.461 e. The molecule has 1 aromatic carbocycles. The first-order valence-electron chi connectivity index (χ1n) is 8.91. The van der Waals surface area contributed by atoms with E-state index in [4.69, 9.17) is 10.2 Å². The number of aromatic nitrogens is 2. The minimum absolute atomic E-state index is 0.0835. The van der Waals surface area contributed by atoms with E-state index in [1.165, 1.54) is 12.1 Å². The zero-order valence-corrected chi connectivity index (χ0v) is 14.7. The SMILES string of the molecule is C[C@@H](c1cc2cc(F)ccc2o1)C1(C(N)=O)CC1c1ncc2ccccn12. The van der Waals surface area contributed by atoms with Crippen molar-refractivity contribution in [3.05, 3.63) is 72.3 Å². The van der Waals surface area contributed by atoms with E-state index >= 15 is 0 Å². The van der Waals surface area contributed by atoms with Gasteiger partial charge in [0.25, 0.3) is 0 Å². The lowest BCUT2D eigenvalue weighted by Crippen LogP contribution is -2.31. The highest BCUT2D eigenvalue weighted by molar-refractivity contribution is 5.87. The van der Waals surface area contributed by atoms with Gasteiger partial charge in [0.1, 0.15) is 23.0 Å². The maximum absolute atomic E-state index is 13.5. The lowest BCUT2D eigenvalue weighted by Gasteiger charge is -2.20. The number of benzene rings is 1. The average Bonchev–Trinajstić information content (AvgIpc) is 3.06. The highest BCUT2D eigenvalue weighted by Gasteiger charge is 2.65. The van der Waals surface area contributed by atoms with Gasteiger partial charge in [0, 0.05) is 23.4 Å². The van der Waals surface area contributed by atoms with Gasteiger partial charge in [0.2, 0.25) is 5.91 Å². The Balaban J connectivity index is 1.57. The molecule has 27 heavy (non-hydrogen) atoms. The molecule has 0 bridgehead atoms. The fourth-order valence-corrected chi connectivity index (χ4v) is 4.29. The summed E-state index contributed by atoms with van der Waals surface area (Å²) in [5, 5.41) is 0.680. The normalized spacial score (nSPS) is 23.0. The molecule has 6 heteroatoms. The summed E-state index contributed by atoms with van der Waals surface area (Å²) >= 11 is 0. The number of primary amides is 1. The van der Waals surface area contributed by atoms with Gasteiger partial charge >= 0.3 is 0 Å². The van der Waals surface area contributed by atoms with E-state index < -0.39 is 5.41 Å². The van der Waals surface area contributed by atoms with Gasteiger partial charge in [-0.3, -0.25) is 4.79 Å². The maximum Gasteiger partial charge on any atom is 0.225 e. The van der Waals surface area contributed by atoms with Gasteiger partial charge in [-0.2, -0.15) is 0 Å². The van der Waals surface area contributed by atoms with Crippen LogP contribution in [0.25, 0.3) is 16.5 Å². The Hall–Kier alpha value is -3.15. The number of imidazole rings is 1. The number of amides is 1. The molecule has 1 aliphatic carbocycles. The Labute approximate surface area is 154 Å². The van der Waals surface area contributed by atoms with Gasteiger partial charge in [-0.05, 0) is 42.8 Å². The number of halogens is 1. The summed E-state index contributed by atoms with van der Waals surface area (Å²) in [5.41, 5.74) is 6.67. The van der Waals surface area contributed by atoms with E-state index in [2.05, 4.69) is 4.98 Å². The molecule has 0 saturated heterocycles. The van der Waals surface area contributed by atoms with Crippen molar-refractivity contribution < 1.29 is 13.6 Å². The summed E-state index contributed by atoms with van der Waals surface area (Å²) in [5.74, 6) is 0.460. The molecule has 5 nitrogen and oxygen atoms in total. The van der Waals surface area contributed by atoms with Gasteiger partial charge < -0.3 is 14.6 Å². The molecular formula is C21H18FN3O2. The van der Waals surface area contributed by atoms with Crippen LogP contribution in [-0.4, -0.2) is 15.3 Å². The molecule has 3 aromatic heterocycles. The van der Waals surface area contributed by atoms with Crippen LogP contribution < -0.4 is 5.73 Å². The predicted octanol–water partition coefficient (Wildman–Crippen LogP) is 3.98. The number of nitrogens with two attached hydrogens (primary N) is 1. The summed E-state index contributed by atoms with van der Waals surface area (Å²) < 4.78 is 21.4. The molecule has 1 amide bonds. The first kappa shape index (κ1) is 16.1. The number of furan rings is 1. The van der Waals surface area contributed by atoms with E-state index in [1.54, 1.807) is 18.3 Å². The van der Waals surface area contributed by atoms with Crippen LogP contribution in [0.3, 0.4) is 0 Å². The Bertz CT molecular complexity index is 1190. The fourth-order valence-electron chi connectivity index (χ4n) is 4.29. The Morgan fingerprint density at radius 3 is 3.04 bits per heavy atom. The van der Waals surface area contributed by atoms with Gasteiger partial charge in [-0.15, -0.1) is 0 Å². The first-order chi connectivity index (χ1) is 13.0. The summed E-state index contributed by atoms with van der Waals surface area (Å²) in [7, 11) is 0. The van der Waals surface area contributed by atoms with E-state index in [-0.39, 0.29) is 23.6 Å². The third-order valence-corrected chi connectivity index (χ3v) is 5.94. The van der Waals surface area contributed by atoms with Crippen LogP contribution in [0.4, 0.5) is 4.39 Å². The minimum atomic E-state index is -0.760. The van der Waals surface area contributed by atoms with Gasteiger partial charge in [-0.25, -0.2) is 9.37 Å². The second-order valence-corrected chi connectivity index (χ2v) is 7.33. The van der Waals surface area contributed by atoms with Gasteiger partial charge in [0.05, 0.1) is 17.1 Å². The molecule has 0 spiro atoms. The summed E-state index contributed by atoms with van der Waals surface area (Å²) in [6.07, 6.45) is 4.35. The monoisotopic (exact) mass is 363 g/mol. The number of nitrogens with zero attached hydrogens (tertiary/aromatic N) is 2. The summed E-state index contributed by atoms with van der Waals surface area (Å²) in [6, 6.07) is 12.0. The quantitative estimate of drug-likeness (QED) is 0.596. The summed E-state index contributed by atoms with van der Waals surface area (Å²) in [4.78, 5) is 17.0. The Morgan fingerprint density at radius 1 is 1.37 bits per heavy atom. The van der Waals surface area contributed by atoms with Crippen LogP contribution in [-0.2, 0) is 4.79 Å². The highest BCUT2D eigenvalue weighted by atomic mass is 19.1. The number of rotatable bonds is 4. The van der Waals surface area contributed by atoms with Crippen molar-refractivity contribution in [3.63, 3.8) is 0 Å². The average molecular weight is 363 g/mol. The minimum Gasteiger partial charge on any atom is -0.461 e. The molecule has 1 aliphatic rings. The zero-order chi connectivity index (χ0) is 18.8. The molecule has 5 rings (SSSR count). The Morgan fingerprint density at radius 2 is 2.22 bits per heavy atom. The Kier molecular flexibility index (Phi) is 3.22. The number of hydrogen-bond donors (Lipinski definition) is 1. The smallest absolute Gasteiger partial charge is 0.225 e. The topological polar surface area (TPSA) is 73.5 Å². The van der Waals surface area contributed by atoms with Crippen molar-refractivity contribution in [2.75, 3.05) is 0 Å². The molecule has 3 atom stereocenters. The van der Waals surface area contributed by atoms with Gasteiger partial charge in [-0.1, -0.05) is 13.0 Å². The first-order valence-corrected chi connectivity index (χ1v) is 8.91. The van der Waals surface area contributed by atoms with Crippen LogP contribution in [0.15, 0.2) is 59.3 Å². The van der Waals surface area contributed by atoms with Crippen LogP contribution in [0.2, 0.25) is 0 Å². The second-order valence-electron chi connectivity index (χ2n) is 7.33. The second kappa shape index (κ2) is 5.42. The summed E-state index contributed by atoms with van der Waals surface area (Å²) in [6.45, 7) is 1.94. The zero-order valence-electron chi connectivity index (χ0n) is 14.7. The fraction of sp³-hybridized carbons (Fsp3) is 0.238. The van der Waals surface area contributed by atoms with Crippen molar-refractivity contribution >= 4 is 22.4 Å². The predicted molar refractivity (Wildman–Crippen MR) is 98.8 cm³/mol. The standard InChI is InChI=1S/C21H18FN3O2/c1-12(18-9-13-8-14(22)5-6-17(13)27-18)21(20(23)26)10-16(21)19-24-11-15-4-2-3-7-25(15)19/h2-9,11-12,16H,10H2,1H3,(H2,23,26)/t12-,16?,21?/m0/s1. The molecular weight excluding hydrogens is 345 g/mol. The van der Waals surface area contributed by atoms with Gasteiger partial charge in [0.15, 0.2) is 0 Å². The number of carbonyl (C=O) groups excluding carboxylic acids is 1. The molecule has 1 fully saturated rings. The molecule has 0 radical (unpaired) electrons. The van der Waals surface area contributed by atoms with E-state index in [9.17, 15) is 9.18 Å². The lowest BCUT2D eigenvalue weighted by molar-refractivity contribution is -0.124. The molecule has 136 valence electrons. The van der Waals surface area contributed by atoms with E-state index in [1.807, 2.05) is 35.7 Å². The number of pyridine rings is 1. The van der Waals surface area contributed by atoms with E-state index in [0.29, 0.717) is 23.2 Å². The third-order valence-electron chi connectivity index (χ3n) is 5.94. The van der Waals surface area contributed by atoms with Crippen molar-refractivity contribution in [1.82, 2.24) is 9.38 Å². The van der Waals surface area contributed by atoms with Crippen LogP contribution in [0.5, 0.6) is 0 Å². The molecule has 0 aliphatic heterocycles. The van der Waals surface area contributed by atoms with Crippen molar-refractivity contribution in [3.8, 4) is 0 Å². The molecule has 3 heterocycles. The number of fused-ring (bicyclic) bond motifs is 2. The van der Waals surface area contributed by atoms with Crippen LogP contribution in [0.1, 0.15) is 36.8 Å². The lowest BCUT2D eigenvalue weighted by atomic mass is 9.85. The van der Waals surface area contributed by atoms with E-state index in [0.717, 1.165) is 11.3 Å². The third kappa shape index (κ3) is 2.22. The van der Waals surface area contributed by atoms with Crippen LogP contribution >= 0.6 is 0 Å². The van der Waals surface area contributed by atoms with Crippen molar-refractivity contribution in [1.29, 1.82) is 0 Å². The number of carbonyl (C=O) groups is 1. The van der Waals surface area contributed by atoms with Crippen LogP contribution in [0, 0.1) is 11.2 Å².